The molecule has 3 fully saturated rings. The molecule has 0 amide bonds. The van der Waals surface area contributed by atoms with E-state index in [4.69, 9.17) is 0 Å². The van der Waals surface area contributed by atoms with Crippen LogP contribution in [0.15, 0.2) is 42.1 Å². The molecule has 5 rings (SSSR count). The minimum atomic E-state index is -0.552. The molecule has 1 unspecified atom stereocenters. The van der Waals surface area contributed by atoms with Crippen LogP contribution in [0.2, 0.25) is 0 Å². The van der Waals surface area contributed by atoms with Crippen molar-refractivity contribution in [3.63, 3.8) is 0 Å². The molecule has 3 aliphatic rings. The van der Waals surface area contributed by atoms with Crippen LogP contribution in [0.3, 0.4) is 0 Å². The predicted molar refractivity (Wildman–Crippen MR) is 90.2 cm³/mol. The number of rotatable bonds is 2. The van der Waals surface area contributed by atoms with Gasteiger partial charge in [-0.25, -0.2) is 0 Å². The third-order valence-corrected chi connectivity index (χ3v) is 5.48. The minimum absolute atomic E-state index is 0.144. The van der Waals surface area contributed by atoms with Gasteiger partial charge in [-0.05, 0) is 62.1 Å². The zero-order valence-electron chi connectivity index (χ0n) is 13.3. The van der Waals surface area contributed by atoms with Crippen molar-refractivity contribution in [1.82, 2.24) is 9.88 Å². The molecule has 23 heavy (non-hydrogen) atoms. The van der Waals surface area contributed by atoms with Crippen LogP contribution in [-0.4, -0.2) is 39.2 Å². The largest absolute Gasteiger partial charge is 0.508 e. The van der Waals surface area contributed by atoms with E-state index in [2.05, 4.69) is 22.9 Å². The molecule has 2 N–H and O–H groups in total. The van der Waals surface area contributed by atoms with Gasteiger partial charge in [-0.1, -0.05) is 11.6 Å². The lowest BCUT2D eigenvalue weighted by molar-refractivity contribution is -0.00340. The quantitative estimate of drug-likeness (QED) is 0.837. The average Bonchev–Trinajstić information content (AvgIpc) is 2.60. The summed E-state index contributed by atoms with van der Waals surface area (Å²) in [5, 5.41) is 21.7. The number of hydrogen-bond acceptors (Lipinski definition) is 4. The Balaban J connectivity index is 1.70. The smallest absolute Gasteiger partial charge is 0.116 e. The Kier molecular flexibility index (Phi) is 3.58. The number of pyridine rings is 1. The molecule has 4 heteroatoms. The number of allylic oxidation sites excluding steroid dienone is 1. The van der Waals surface area contributed by atoms with E-state index in [9.17, 15) is 10.2 Å². The molecule has 0 aliphatic carbocycles. The Labute approximate surface area is 136 Å². The molecule has 1 aromatic heterocycles. The minimum Gasteiger partial charge on any atom is -0.508 e. The lowest BCUT2D eigenvalue weighted by Gasteiger charge is -2.48. The summed E-state index contributed by atoms with van der Waals surface area (Å²) in [5.41, 5.74) is 3.19. The zero-order chi connectivity index (χ0) is 16.0. The number of aromatic hydroxyl groups is 1. The fourth-order valence-electron chi connectivity index (χ4n) is 4.22. The number of aliphatic hydroxyl groups excluding tert-OH is 1. The number of phenolic OH excluding ortho intramolecular Hbond substituents is 1. The van der Waals surface area contributed by atoms with E-state index >= 15 is 0 Å². The van der Waals surface area contributed by atoms with Crippen LogP contribution >= 0.6 is 0 Å². The Hall–Kier alpha value is -1.91. The highest BCUT2D eigenvalue weighted by Crippen LogP contribution is 2.41. The van der Waals surface area contributed by atoms with Gasteiger partial charge in [0.1, 0.15) is 5.75 Å². The second kappa shape index (κ2) is 5.62. The number of aromatic nitrogens is 1. The van der Waals surface area contributed by atoms with Gasteiger partial charge >= 0.3 is 0 Å². The first-order valence-electron chi connectivity index (χ1n) is 8.32. The van der Waals surface area contributed by atoms with Crippen molar-refractivity contribution in [2.75, 3.05) is 13.1 Å². The van der Waals surface area contributed by atoms with Gasteiger partial charge in [0.05, 0.1) is 11.6 Å². The maximum Gasteiger partial charge on any atom is 0.116 e. The maximum absolute atomic E-state index is 11.0. The second-order valence-corrected chi connectivity index (χ2v) is 6.67. The highest BCUT2D eigenvalue weighted by atomic mass is 16.3. The van der Waals surface area contributed by atoms with E-state index in [-0.39, 0.29) is 11.8 Å². The predicted octanol–water partition coefficient (Wildman–Crippen LogP) is 3.01. The Bertz CT molecular complexity index is 771. The third-order valence-electron chi connectivity index (χ3n) is 5.48. The van der Waals surface area contributed by atoms with Crippen LogP contribution in [0.25, 0.3) is 10.9 Å². The van der Waals surface area contributed by atoms with Gasteiger partial charge in [0.2, 0.25) is 0 Å². The highest BCUT2D eigenvalue weighted by molar-refractivity contribution is 5.83. The normalized spacial score (nSPS) is 30.0. The fourth-order valence-corrected chi connectivity index (χ4v) is 4.22. The van der Waals surface area contributed by atoms with E-state index in [1.54, 1.807) is 24.4 Å². The lowest BCUT2D eigenvalue weighted by atomic mass is 9.76. The van der Waals surface area contributed by atoms with Crippen molar-refractivity contribution >= 4 is 10.9 Å². The van der Waals surface area contributed by atoms with E-state index in [1.165, 1.54) is 12.0 Å². The molecule has 3 saturated heterocycles. The van der Waals surface area contributed by atoms with Crippen molar-refractivity contribution in [1.29, 1.82) is 0 Å². The molecule has 2 bridgehead atoms. The Morgan fingerprint density at radius 3 is 2.96 bits per heavy atom. The standard InChI is InChI=1S/C19H22N2O2/c1-2-12-11-21-8-6-13(12)9-18(21)19(23)15-5-7-20-17-4-3-14(22)10-16(15)17/h2-5,7,10,13,18-19,22-23H,6,8-9,11H2,1H3/b12-2+/t13-,18+,19-/m0/s1. The summed E-state index contributed by atoms with van der Waals surface area (Å²) in [4.78, 5) is 6.74. The topological polar surface area (TPSA) is 56.6 Å². The van der Waals surface area contributed by atoms with Gasteiger partial charge in [-0.3, -0.25) is 9.88 Å². The van der Waals surface area contributed by atoms with Gasteiger partial charge in [-0.2, -0.15) is 0 Å². The summed E-state index contributed by atoms with van der Waals surface area (Å²) < 4.78 is 0. The molecule has 1 aromatic carbocycles. The monoisotopic (exact) mass is 310 g/mol. The SMILES string of the molecule is C/C=C1\CN2CC[C@H]1C[C@@H]2[C@@H](O)c1ccnc2ccc(O)cc12. The van der Waals surface area contributed by atoms with Crippen molar-refractivity contribution in [2.45, 2.75) is 31.9 Å². The van der Waals surface area contributed by atoms with E-state index < -0.39 is 6.10 Å². The van der Waals surface area contributed by atoms with E-state index in [0.29, 0.717) is 5.92 Å². The molecule has 4 nitrogen and oxygen atoms in total. The summed E-state index contributed by atoms with van der Waals surface area (Å²) in [5.74, 6) is 0.812. The number of piperidine rings is 3. The maximum atomic E-state index is 11.0. The van der Waals surface area contributed by atoms with Crippen molar-refractivity contribution in [3.8, 4) is 5.75 Å². The number of nitrogens with zero attached hydrogens (tertiary/aromatic N) is 2. The van der Waals surface area contributed by atoms with Crippen molar-refractivity contribution in [2.24, 2.45) is 5.92 Å². The number of phenols is 1. The molecular formula is C19H22N2O2. The van der Waals surface area contributed by atoms with Crippen LogP contribution in [0.4, 0.5) is 0 Å². The van der Waals surface area contributed by atoms with Gasteiger partial charge in [-0.15, -0.1) is 0 Å². The fraction of sp³-hybridized carbons (Fsp3) is 0.421. The van der Waals surface area contributed by atoms with Crippen LogP contribution < -0.4 is 0 Å². The summed E-state index contributed by atoms with van der Waals surface area (Å²) in [6.07, 6.45) is 5.62. The van der Waals surface area contributed by atoms with E-state index in [1.807, 2.05) is 6.07 Å². The number of hydrogen-bond donors (Lipinski definition) is 2. The Morgan fingerprint density at radius 2 is 2.22 bits per heavy atom. The molecule has 2 aromatic rings. The summed E-state index contributed by atoms with van der Waals surface area (Å²) in [6, 6.07) is 7.16. The number of benzene rings is 1. The number of aliphatic hydroxyl groups is 1. The first-order valence-corrected chi connectivity index (χ1v) is 8.32. The Morgan fingerprint density at radius 1 is 1.35 bits per heavy atom. The molecule has 4 atom stereocenters. The molecular weight excluding hydrogens is 288 g/mol. The van der Waals surface area contributed by atoms with Crippen molar-refractivity contribution < 1.29 is 10.2 Å². The molecule has 4 heterocycles. The molecule has 0 spiro atoms. The molecule has 0 saturated carbocycles. The molecule has 3 aliphatic heterocycles. The molecule has 0 radical (unpaired) electrons. The highest BCUT2D eigenvalue weighted by Gasteiger charge is 2.40. The third kappa shape index (κ3) is 2.42. The van der Waals surface area contributed by atoms with Crippen molar-refractivity contribution in [3.05, 3.63) is 47.7 Å². The van der Waals surface area contributed by atoms with Gasteiger partial charge in [0, 0.05) is 24.2 Å². The second-order valence-electron chi connectivity index (χ2n) is 6.67. The summed E-state index contributed by atoms with van der Waals surface area (Å²) in [6.45, 7) is 4.14. The molecule has 120 valence electrons. The average molecular weight is 310 g/mol. The van der Waals surface area contributed by atoms with Crippen LogP contribution in [-0.2, 0) is 0 Å². The van der Waals surface area contributed by atoms with E-state index in [0.717, 1.165) is 36.0 Å². The number of fused-ring (bicyclic) bond motifs is 4. The van der Waals surface area contributed by atoms with Crippen LogP contribution in [0, 0.1) is 5.92 Å². The van der Waals surface area contributed by atoms with Crippen LogP contribution in [0.1, 0.15) is 31.4 Å². The lowest BCUT2D eigenvalue weighted by Crippen LogP contribution is -2.52. The first kappa shape index (κ1) is 14.7. The van der Waals surface area contributed by atoms with Gasteiger partial charge in [0.25, 0.3) is 0 Å². The van der Waals surface area contributed by atoms with Gasteiger partial charge < -0.3 is 10.2 Å². The van der Waals surface area contributed by atoms with Crippen LogP contribution in [0.5, 0.6) is 5.75 Å². The zero-order valence-corrected chi connectivity index (χ0v) is 13.3. The first-order chi connectivity index (χ1) is 11.2. The summed E-state index contributed by atoms with van der Waals surface area (Å²) >= 11 is 0. The summed E-state index contributed by atoms with van der Waals surface area (Å²) in [7, 11) is 0. The van der Waals surface area contributed by atoms with Gasteiger partial charge in [0.15, 0.2) is 0 Å².